The van der Waals surface area contributed by atoms with Gasteiger partial charge in [-0.2, -0.15) is 0 Å². The van der Waals surface area contributed by atoms with Crippen molar-refractivity contribution in [2.24, 2.45) is 0 Å². The molecular weight excluding hydrogens is 318 g/mol. The van der Waals surface area contributed by atoms with Gasteiger partial charge in [-0.05, 0) is 18.6 Å². The van der Waals surface area contributed by atoms with Crippen LogP contribution in [0.25, 0.3) is 10.9 Å². The lowest BCUT2D eigenvalue weighted by atomic mass is 9.91. The van der Waals surface area contributed by atoms with Crippen molar-refractivity contribution in [2.45, 2.75) is 31.8 Å². The van der Waals surface area contributed by atoms with Gasteiger partial charge in [0.05, 0.1) is 13.0 Å². The van der Waals surface area contributed by atoms with Crippen LogP contribution in [-0.4, -0.2) is 58.6 Å². The summed E-state index contributed by atoms with van der Waals surface area (Å²) in [6, 6.07) is 8.03. The highest BCUT2D eigenvalue weighted by molar-refractivity contribution is 5.89. The molecule has 2 aliphatic rings. The molecule has 2 amide bonds. The molecule has 1 aromatic carbocycles. The first-order valence-corrected chi connectivity index (χ1v) is 8.91. The van der Waals surface area contributed by atoms with Crippen molar-refractivity contribution >= 4 is 22.9 Å². The minimum absolute atomic E-state index is 0.135. The lowest BCUT2D eigenvalue weighted by molar-refractivity contribution is -0.133. The summed E-state index contributed by atoms with van der Waals surface area (Å²) in [5.74, 6) is 0.135. The monoisotopic (exact) mass is 341 g/mol. The lowest BCUT2D eigenvalue weighted by Gasteiger charge is -2.37. The second kappa shape index (κ2) is 6.10. The first-order chi connectivity index (χ1) is 12.1. The van der Waals surface area contributed by atoms with Crippen molar-refractivity contribution < 1.29 is 14.3 Å². The number of hydrogen-bond acceptors (Lipinski definition) is 3. The van der Waals surface area contributed by atoms with Gasteiger partial charge in [0.1, 0.15) is 5.60 Å². The number of ether oxygens (including phenoxy) is 1. The highest BCUT2D eigenvalue weighted by atomic mass is 16.6. The molecular formula is C19H23N3O3. The molecule has 0 bridgehead atoms. The van der Waals surface area contributed by atoms with Gasteiger partial charge in [0.25, 0.3) is 0 Å². The van der Waals surface area contributed by atoms with Crippen LogP contribution in [0.1, 0.15) is 25.3 Å². The van der Waals surface area contributed by atoms with Crippen molar-refractivity contribution in [2.75, 3.05) is 26.2 Å². The van der Waals surface area contributed by atoms with Crippen LogP contribution in [0.3, 0.4) is 0 Å². The number of para-hydroxylation sites is 1. The molecule has 2 aromatic rings. The van der Waals surface area contributed by atoms with Gasteiger partial charge in [-0.25, -0.2) is 4.79 Å². The highest BCUT2D eigenvalue weighted by Gasteiger charge is 2.46. The summed E-state index contributed by atoms with van der Waals surface area (Å²) < 4.78 is 5.63. The van der Waals surface area contributed by atoms with Gasteiger partial charge in [0, 0.05) is 49.6 Å². The van der Waals surface area contributed by atoms with Crippen LogP contribution in [0.2, 0.25) is 0 Å². The summed E-state index contributed by atoms with van der Waals surface area (Å²) in [5, 5.41) is 1.10. The summed E-state index contributed by atoms with van der Waals surface area (Å²) in [7, 11) is 0. The quantitative estimate of drug-likeness (QED) is 0.933. The number of aromatic amines is 1. The topological polar surface area (TPSA) is 65.6 Å². The Morgan fingerprint density at radius 1 is 1.28 bits per heavy atom. The molecule has 0 atom stereocenters. The van der Waals surface area contributed by atoms with E-state index in [1.165, 1.54) is 0 Å². The number of nitrogens with one attached hydrogen (secondary N) is 1. The van der Waals surface area contributed by atoms with E-state index in [0.717, 1.165) is 29.3 Å². The van der Waals surface area contributed by atoms with Crippen LogP contribution in [-0.2, 0) is 16.0 Å². The summed E-state index contributed by atoms with van der Waals surface area (Å²) in [6.07, 6.45) is 3.54. The van der Waals surface area contributed by atoms with Crippen molar-refractivity contribution in [1.29, 1.82) is 0 Å². The van der Waals surface area contributed by atoms with E-state index in [1.807, 2.05) is 42.3 Å². The molecule has 0 unspecified atom stereocenters. The number of aromatic nitrogens is 1. The van der Waals surface area contributed by atoms with Gasteiger partial charge < -0.3 is 19.5 Å². The average Bonchev–Trinajstić information content (AvgIpc) is 3.17. The Bertz CT molecular complexity index is 805. The Balaban J connectivity index is 1.39. The van der Waals surface area contributed by atoms with E-state index in [4.69, 9.17) is 4.74 Å². The predicted molar refractivity (Wildman–Crippen MR) is 94.3 cm³/mol. The first kappa shape index (κ1) is 16.0. The van der Waals surface area contributed by atoms with E-state index in [9.17, 15) is 9.59 Å². The molecule has 3 heterocycles. The van der Waals surface area contributed by atoms with E-state index in [2.05, 4.69) is 4.98 Å². The number of H-pyrrole nitrogens is 1. The average molecular weight is 341 g/mol. The smallest absolute Gasteiger partial charge is 0.410 e. The number of piperidine rings is 1. The Kier molecular flexibility index (Phi) is 3.90. The number of benzene rings is 1. The molecule has 2 aliphatic heterocycles. The van der Waals surface area contributed by atoms with Crippen molar-refractivity contribution in [3.8, 4) is 0 Å². The molecule has 0 saturated carbocycles. The molecule has 2 saturated heterocycles. The van der Waals surface area contributed by atoms with Crippen molar-refractivity contribution in [3.63, 3.8) is 0 Å². The molecule has 6 nitrogen and oxygen atoms in total. The molecule has 132 valence electrons. The normalized spacial score (nSPS) is 19.6. The zero-order chi connectivity index (χ0) is 17.4. The van der Waals surface area contributed by atoms with Crippen LogP contribution in [0.4, 0.5) is 4.79 Å². The molecule has 4 rings (SSSR count). The molecule has 6 heteroatoms. The maximum Gasteiger partial charge on any atom is 0.410 e. The second-order valence-corrected chi connectivity index (χ2v) is 6.98. The number of carbonyl (C=O) groups excluding carboxylic acids is 2. The molecule has 2 fully saturated rings. The standard InChI is InChI=1S/C19H23N3O3/c1-2-21-13-19(25-18(21)24)7-9-22(10-8-19)17(23)11-14-12-20-16-6-4-3-5-15(14)16/h3-6,12,20H,2,7-11,13H2,1H3. The zero-order valence-electron chi connectivity index (χ0n) is 14.5. The fourth-order valence-corrected chi connectivity index (χ4v) is 3.91. The zero-order valence-corrected chi connectivity index (χ0v) is 14.5. The van der Waals surface area contributed by atoms with E-state index >= 15 is 0 Å². The minimum atomic E-state index is -0.398. The highest BCUT2D eigenvalue weighted by Crippen LogP contribution is 2.33. The Morgan fingerprint density at radius 2 is 2.04 bits per heavy atom. The maximum atomic E-state index is 12.7. The Labute approximate surface area is 146 Å². The van der Waals surface area contributed by atoms with Gasteiger partial charge in [0.15, 0.2) is 0 Å². The van der Waals surface area contributed by atoms with Crippen LogP contribution < -0.4 is 0 Å². The summed E-state index contributed by atoms with van der Waals surface area (Å²) in [4.78, 5) is 31.4. The summed E-state index contributed by atoms with van der Waals surface area (Å²) in [5.41, 5.74) is 1.69. The predicted octanol–water partition coefficient (Wildman–Crippen LogP) is 2.54. The summed E-state index contributed by atoms with van der Waals surface area (Å²) >= 11 is 0. The van der Waals surface area contributed by atoms with Crippen molar-refractivity contribution in [3.05, 3.63) is 36.0 Å². The lowest BCUT2D eigenvalue weighted by Crippen LogP contribution is -2.49. The Morgan fingerprint density at radius 3 is 2.76 bits per heavy atom. The van der Waals surface area contributed by atoms with Crippen LogP contribution >= 0.6 is 0 Å². The fourth-order valence-electron chi connectivity index (χ4n) is 3.91. The van der Waals surface area contributed by atoms with E-state index < -0.39 is 5.60 Å². The molecule has 1 aromatic heterocycles. The largest absolute Gasteiger partial charge is 0.441 e. The first-order valence-electron chi connectivity index (χ1n) is 8.91. The van der Waals surface area contributed by atoms with Gasteiger partial charge in [-0.1, -0.05) is 18.2 Å². The summed E-state index contributed by atoms with van der Waals surface area (Å²) in [6.45, 7) is 4.56. The Hall–Kier alpha value is -2.50. The van der Waals surface area contributed by atoms with Gasteiger partial charge in [-0.3, -0.25) is 4.79 Å². The van der Waals surface area contributed by atoms with Crippen LogP contribution in [0.15, 0.2) is 30.5 Å². The number of amides is 2. The number of rotatable bonds is 3. The van der Waals surface area contributed by atoms with Gasteiger partial charge in [0.2, 0.25) is 5.91 Å². The van der Waals surface area contributed by atoms with E-state index in [1.54, 1.807) is 4.90 Å². The van der Waals surface area contributed by atoms with Gasteiger partial charge >= 0.3 is 6.09 Å². The number of hydrogen-bond donors (Lipinski definition) is 1. The molecule has 0 radical (unpaired) electrons. The van der Waals surface area contributed by atoms with Crippen molar-refractivity contribution in [1.82, 2.24) is 14.8 Å². The van der Waals surface area contributed by atoms with Gasteiger partial charge in [-0.15, -0.1) is 0 Å². The van der Waals surface area contributed by atoms with E-state index in [-0.39, 0.29) is 12.0 Å². The fraction of sp³-hybridized carbons (Fsp3) is 0.474. The third kappa shape index (κ3) is 2.86. The van der Waals surface area contributed by atoms with Crippen LogP contribution in [0, 0.1) is 0 Å². The molecule has 25 heavy (non-hydrogen) atoms. The SMILES string of the molecule is CCN1CC2(CCN(C(=O)Cc3c[nH]c4ccccc34)CC2)OC1=O. The molecule has 1 N–H and O–H groups in total. The van der Waals surface area contributed by atoms with Crippen LogP contribution in [0.5, 0.6) is 0 Å². The second-order valence-electron chi connectivity index (χ2n) is 6.98. The number of nitrogens with zero attached hydrogens (tertiary/aromatic N) is 2. The minimum Gasteiger partial charge on any atom is -0.441 e. The number of fused-ring (bicyclic) bond motifs is 1. The number of carbonyl (C=O) groups is 2. The molecule has 1 spiro atoms. The number of likely N-dealkylation sites (tertiary alicyclic amines) is 1. The molecule has 0 aliphatic carbocycles. The van der Waals surface area contributed by atoms with E-state index in [0.29, 0.717) is 32.6 Å². The third-order valence-electron chi connectivity index (χ3n) is 5.47. The third-order valence-corrected chi connectivity index (χ3v) is 5.47. The maximum absolute atomic E-state index is 12.7. The number of likely N-dealkylation sites (N-methyl/N-ethyl adjacent to an activating group) is 1.